The van der Waals surface area contributed by atoms with Crippen molar-refractivity contribution in [2.45, 2.75) is 11.7 Å². The third-order valence-electron chi connectivity index (χ3n) is 3.87. The van der Waals surface area contributed by atoms with E-state index in [0.717, 1.165) is 5.56 Å². The molecule has 0 saturated carbocycles. The van der Waals surface area contributed by atoms with Crippen LogP contribution in [0.3, 0.4) is 0 Å². The molecule has 27 heavy (non-hydrogen) atoms. The lowest BCUT2D eigenvalue weighted by Gasteiger charge is -2.09. The number of ketones is 1. The van der Waals surface area contributed by atoms with Crippen LogP contribution in [0.2, 0.25) is 5.02 Å². The molecule has 5 nitrogen and oxygen atoms in total. The van der Waals surface area contributed by atoms with E-state index >= 15 is 0 Å². The van der Waals surface area contributed by atoms with Gasteiger partial charge in [-0.2, -0.15) is 0 Å². The Morgan fingerprint density at radius 3 is 2.67 bits per heavy atom. The Hall–Kier alpha value is -2.57. The number of benzene rings is 2. The summed E-state index contributed by atoms with van der Waals surface area (Å²) in [6.45, 7) is 4.34. The molecule has 3 aromatic rings. The summed E-state index contributed by atoms with van der Waals surface area (Å²) >= 11 is 7.30. The molecular formula is C20H18ClN3O2S. The second-order valence-electron chi connectivity index (χ2n) is 5.62. The Kier molecular flexibility index (Phi) is 6.32. The molecule has 7 heteroatoms. The number of allylic oxidation sites excluding steroid dienone is 1. The van der Waals surface area contributed by atoms with Crippen molar-refractivity contribution in [2.75, 3.05) is 12.9 Å². The summed E-state index contributed by atoms with van der Waals surface area (Å²) in [6.07, 6.45) is 1.77. The van der Waals surface area contributed by atoms with Gasteiger partial charge in [0.05, 0.1) is 18.4 Å². The van der Waals surface area contributed by atoms with Crippen molar-refractivity contribution >= 4 is 29.1 Å². The van der Waals surface area contributed by atoms with Crippen molar-refractivity contribution in [3.05, 3.63) is 71.8 Å². The second kappa shape index (κ2) is 8.88. The van der Waals surface area contributed by atoms with Gasteiger partial charge in [-0.15, -0.1) is 16.8 Å². The third-order valence-corrected chi connectivity index (χ3v) is 5.09. The smallest absolute Gasteiger partial charge is 0.192 e. The minimum absolute atomic E-state index is 0.0290. The van der Waals surface area contributed by atoms with Crippen molar-refractivity contribution < 1.29 is 9.53 Å². The number of hydrogen-bond acceptors (Lipinski definition) is 5. The molecule has 0 aliphatic carbocycles. The predicted octanol–water partition coefficient (Wildman–Crippen LogP) is 4.77. The zero-order valence-corrected chi connectivity index (χ0v) is 16.3. The largest absolute Gasteiger partial charge is 0.496 e. The summed E-state index contributed by atoms with van der Waals surface area (Å²) in [5.41, 5.74) is 1.46. The van der Waals surface area contributed by atoms with Gasteiger partial charge in [-0.25, -0.2) is 0 Å². The predicted molar refractivity (Wildman–Crippen MR) is 109 cm³/mol. The third kappa shape index (κ3) is 4.40. The molecule has 0 amide bonds. The fraction of sp³-hybridized carbons (Fsp3) is 0.150. The maximum Gasteiger partial charge on any atom is 0.192 e. The van der Waals surface area contributed by atoms with Crippen molar-refractivity contribution in [3.63, 3.8) is 0 Å². The SMILES string of the molecule is C=CCn1c(SCC(=O)c2ccccc2OC)nnc1-c1ccc(Cl)cc1. The molecule has 138 valence electrons. The normalized spacial score (nSPS) is 10.6. The lowest BCUT2D eigenvalue weighted by atomic mass is 10.1. The van der Waals surface area contributed by atoms with Gasteiger partial charge in [0.25, 0.3) is 0 Å². The van der Waals surface area contributed by atoms with Crippen molar-refractivity contribution in [3.8, 4) is 17.1 Å². The summed E-state index contributed by atoms with van der Waals surface area (Å²) < 4.78 is 7.19. The van der Waals surface area contributed by atoms with Gasteiger partial charge < -0.3 is 4.74 Å². The zero-order valence-electron chi connectivity index (χ0n) is 14.8. The highest BCUT2D eigenvalue weighted by Gasteiger charge is 2.17. The number of Topliss-reactive ketones (excluding diaryl/α,β-unsaturated/α-hetero) is 1. The number of ether oxygens (including phenoxy) is 1. The molecule has 1 heterocycles. The van der Waals surface area contributed by atoms with Crippen LogP contribution in [0.1, 0.15) is 10.4 Å². The van der Waals surface area contributed by atoms with Crippen LogP contribution in [0.15, 0.2) is 66.3 Å². The van der Waals surface area contributed by atoms with Gasteiger partial charge in [-0.3, -0.25) is 9.36 Å². The van der Waals surface area contributed by atoms with E-state index in [-0.39, 0.29) is 11.5 Å². The number of hydrogen-bond donors (Lipinski definition) is 0. The number of carbonyl (C=O) groups is 1. The van der Waals surface area contributed by atoms with E-state index in [1.807, 2.05) is 41.0 Å². The van der Waals surface area contributed by atoms with E-state index in [1.165, 1.54) is 11.8 Å². The highest BCUT2D eigenvalue weighted by atomic mass is 35.5. The van der Waals surface area contributed by atoms with Crippen LogP contribution in [0.4, 0.5) is 0 Å². The van der Waals surface area contributed by atoms with Gasteiger partial charge >= 0.3 is 0 Å². The minimum atomic E-state index is -0.0290. The standard InChI is InChI=1S/C20H18ClN3O2S/c1-3-12-24-19(14-8-10-15(21)11-9-14)22-23-20(24)27-13-17(25)16-6-4-5-7-18(16)26-2/h3-11H,1,12-13H2,2H3. The Morgan fingerprint density at radius 1 is 1.22 bits per heavy atom. The molecule has 0 aliphatic heterocycles. The first-order valence-electron chi connectivity index (χ1n) is 8.23. The van der Waals surface area contributed by atoms with Crippen LogP contribution >= 0.6 is 23.4 Å². The molecule has 0 spiro atoms. The van der Waals surface area contributed by atoms with Crippen LogP contribution in [0.5, 0.6) is 5.75 Å². The van der Waals surface area contributed by atoms with Gasteiger partial charge in [0.1, 0.15) is 5.75 Å². The molecule has 3 rings (SSSR count). The van der Waals surface area contributed by atoms with Gasteiger partial charge in [-0.05, 0) is 36.4 Å². The van der Waals surface area contributed by atoms with Crippen LogP contribution in [0, 0.1) is 0 Å². The molecule has 2 aromatic carbocycles. The number of rotatable bonds is 8. The molecule has 0 bridgehead atoms. The van der Waals surface area contributed by atoms with E-state index in [2.05, 4.69) is 16.8 Å². The maximum atomic E-state index is 12.6. The average Bonchev–Trinajstić information content (AvgIpc) is 3.09. The first-order valence-corrected chi connectivity index (χ1v) is 9.59. The molecule has 0 atom stereocenters. The highest BCUT2D eigenvalue weighted by Crippen LogP contribution is 2.27. The van der Waals surface area contributed by atoms with Crippen molar-refractivity contribution in [1.29, 1.82) is 0 Å². The number of carbonyl (C=O) groups excluding carboxylic acids is 1. The van der Waals surface area contributed by atoms with Crippen LogP contribution < -0.4 is 4.74 Å². The zero-order chi connectivity index (χ0) is 19.2. The van der Waals surface area contributed by atoms with Crippen LogP contribution in [-0.2, 0) is 6.54 Å². The molecule has 0 aliphatic rings. The van der Waals surface area contributed by atoms with E-state index in [9.17, 15) is 4.79 Å². The second-order valence-corrected chi connectivity index (χ2v) is 7.00. The van der Waals surface area contributed by atoms with E-state index < -0.39 is 0 Å². The molecule has 0 N–H and O–H groups in total. The Balaban J connectivity index is 1.81. The number of thioether (sulfide) groups is 1. The highest BCUT2D eigenvalue weighted by molar-refractivity contribution is 7.99. The first kappa shape index (κ1) is 19.2. The lowest BCUT2D eigenvalue weighted by molar-refractivity contribution is 0.101. The van der Waals surface area contributed by atoms with Gasteiger partial charge in [0, 0.05) is 17.1 Å². The number of nitrogens with zero attached hydrogens (tertiary/aromatic N) is 3. The molecule has 0 radical (unpaired) electrons. The fourth-order valence-corrected chi connectivity index (χ4v) is 3.54. The van der Waals surface area contributed by atoms with E-state index in [1.54, 1.807) is 25.3 Å². The number of halogens is 1. The van der Waals surface area contributed by atoms with E-state index in [0.29, 0.717) is 33.9 Å². The monoisotopic (exact) mass is 399 g/mol. The Bertz CT molecular complexity index is 954. The molecule has 0 fully saturated rings. The molecule has 1 aromatic heterocycles. The minimum Gasteiger partial charge on any atom is -0.496 e. The summed E-state index contributed by atoms with van der Waals surface area (Å²) in [4.78, 5) is 12.6. The molecule has 0 saturated heterocycles. The topological polar surface area (TPSA) is 57.0 Å². The lowest BCUT2D eigenvalue weighted by Crippen LogP contribution is -2.07. The summed E-state index contributed by atoms with van der Waals surface area (Å²) in [5, 5.41) is 9.85. The fourth-order valence-electron chi connectivity index (χ4n) is 2.58. The van der Waals surface area contributed by atoms with Gasteiger partial charge in [0.15, 0.2) is 16.8 Å². The molecular weight excluding hydrogens is 382 g/mol. The summed E-state index contributed by atoms with van der Waals surface area (Å²) in [7, 11) is 1.55. The number of aromatic nitrogens is 3. The number of para-hydroxylation sites is 1. The van der Waals surface area contributed by atoms with Gasteiger partial charge in [0.2, 0.25) is 0 Å². The Labute approximate surface area is 167 Å². The van der Waals surface area contributed by atoms with E-state index in [4.69, 9.17) is 16.3 Å². The van der Waals surface area contributed by atoms with Crippen molar-refractivity contribution in [1.82, 2.24) is 14.8 Å². The summed E-state index contributed by atoms with van der Waals surface area (Å²) in [5.74, 6) is 1.48. The first-order chi connectivity index (χ1) is 13.1. The quantitative estimate of drug-likeness (QED) is 0.310. The molecule has 0 unspecified atom stereocenters. The number of methoxy groups -OCH3 is 1. The van der Waals surface area contributed by atoms with Crippen LogP contribution in [-0.4, -0.2) is 33.4 Å². The summed E-state index contributed by atoms with van der Waals surface area (Å²) in [6, 6.07) is 14.6. The van der Waals surface area contributed by atoms with Crippen LogP contribution in [0.25, 0.3) is 11.4 Å². The maximum absolute atomic E-state index is 12.6. The average molecular weight is 400 g/mol. The van der Waals surface area contributed by atoms with Gasteiger partial charge in [-0.1, -0.05) is 41.6 Å². The Morgan fingerprint density at radius 2 is 1.96 bits per heavy atom. The van der Waals surface area contributed by atoms with Crippen molar-refractivity contribution in [2.24, 2.45) is 0 Å².